The van der Waals surface area contributed by atoms with Crippen LogP contribution in [0.15, 0.2) is 0 Å². The van der Waals surface area contributed by atoms with E-state index in [1.807, 2.05) is 41.5 Å². The number of carbonyl (C=O) groups excluding carboxylic acids is 1. The van der Waals surface area contributed by atoms with Gasteiger partial charge in [-0.05, 0) is 0 Å². The van der Waals surface area contributed by atoms with E-state index in [-0.39, 0.29) is 5.91 Å². The zero-order valence-electron chi connectivity index (χ0n) is 17.5. The summed E-state index contributed by atoms with van der Waals surface area (Å²) in [4.78, 5) is 10.5. The minimum absolute atomic E-state index is 0.0526. The van der Waals surface area contributed by atoms with Crippen molar-refractivity contribution in [3.8, 4) is 12.3 Å². The van der Waals surface area contributed by atoms with Crippen molar-refractivity contribution < 1.29 is 23.7 Å². The Bertz CT molecular complexity index is 255. The Morgan fingerprint density at radius 1 is 0.760 bits per heavy atom. The van der Waals surface area contributed by atoms with Gasteiger partial charge in [-0.25, -0.2) is 0 Å². The molecule has 6 nitrogen and oxygen atoms in total. The lowest BCUT2D eigenvalue weighted by atomic mass is 10.6. The van der Waals surface area contributed by atoms with Crippen LogP contribution in [0.3, 0.4) is 0 Å². The first-order valence-electron chi connectivity index (χ1n) is 9.26. The molecular formula is C19H41NO5. The standard InChI is InChI=1S/C13H23NO5.3C2H6/c1-3-5-16-7-9-18-11-12-19-10-8-17-6-4-14-13(2)15;3*1-2/h1H,4-12H2,2H3,(H,14,15);3*1-2H3. The molecule has 0 saturated heterocycles. The average Bonchev–Trinajstić information content (AvgIpc) is 2.66. The summed E-state index contributed by atoms with van der Waals surface area (Å²) in [5.41, 5.74) is 0. The third-order valence-electron chi connectivity index (χ3n) is 1.92. The van der Waals surface area contributed by atoms with Gasteiger partial charge in [-0.3, -0.25) is 4.79 Å². The Balaban J connectivity index is -0.000000329. The number of ether oxygens (including phenoxy) is 4. The second-order valence-electron chi connectivity index (χ2n) is 3.58. The number of terminal acetylenes is 1. The van der Waals surface area contributed by atoms with Crippen molar-refractivity contribution in [1.82, 2.24) is 5.32 Å². The van der Waals surface area contributed by atoms with Crippen LogP contribution in [0.4, 0.5) is 0 Å². The topological polar surface area (TPSA) is 66.0 Å². The van der Waals surface area contributed by atoms with E-state index in [4.69, 9.17) is 25.4 Å². The molecule has 0 radical (unpaired) electrons. The van der Waals surface area contributed by atoms with Crippen molar-refractivity contribution in [2.45, 2.75) is 48.5 Å². The van der Waals surface area contributed by atoms with Gasteiger partial charge in [-0.1, -0.05) is 47.5 Å². The van der Waals surface area contributed by atoms with Crippen LogP contribution in [0.25, 0.3) is 0 Å². The fourth-order valence-electron chi connectivity index (χ4n) is 1.09. The second kappa shape index (κ2) is 38.4. The van der Waals surface area contributed by atoms with Crippen LogP contribution in [0, 0.1) is 12.3 Å². The molecule has 0 aliphatic rings. The SMILES string of the molecule is C#CCOCCOCCOCCOCCNC(C)=O.CC.CC.CC. The third-order valence-corrected chi connectivity index (χ3v) is 1.92. The maximum absolute atomic E-state index is 10.5. The molecule has 0 aromatic rings. The Labute approximate surface area is 155 Å². The van der Waals surface area contributed by atoms with Crippen LogP contribution in [-0.4, -0.2) is 65.3 Å². The summed E-state index contributed by atoms with van der Waals surface area (Å²) in [5, 5.41) is 2.64. The maximum atomic E-state index is 10.5. The molecule has 0 fully saturated rings. The van der Waals surface area contributed by atoms with Crippen LogP contribution >= 0.6 is 0 Å². The smallest absolute Gasteiger partial charge is 0.216 e. The van der Waals surface area contributed by atoms with E-state index < -0.39 is 0 Å². The zero-order valence-corrected chi connectivity index (χ0v) is 17.5. The Hall–Kier alpha value is -1.13. The van der Waals surface area contributed by atoms with Crippen LogP contribution < -0.4 is 5.32 Å². The minimum Gasteiger partial charge on any atom is -0.377 e. The molecule has 1 N–H and O–H groups in total. The average molecular weight is 364 g/mol. The Kier molecular flexibility index (Phi) is 48.6. The van der Waals surface area contributed by atoms with Gasteiger partial charge in [0.05, 0.1) is 46.2 Å². The summed E-state index contributed by atoms with van der Waals surface area (Å²) >= 11 is 0. The summed E-state index contributed by atoms with van der Waals surface area (Å²) in [6.07, 6.45) is 5.01. The van der Waals surface area contributed by atoms with E-state index in [0.717, 1.165) is 0 Å². The minimum atomic E-state index is -0.0526. The quantitative estimate of drug-likeness (QED) is 0.403. The number of carbonyl (C=O) groups is 1. The fraction of sp³-hybridized carbons (Fsp3) is 0.842. The Morgan fingerprint density at radius 3 is 1.48 bits per heavy atom. The van der Waals surface area contributed by atoms with Crippen LogP contribution in [0.2, 0.25) is 0 Å². The van der Waals surface area contributed by atoms with Gasteiger partial charge in [0.25, 0.3) is 0 Å². The molecule has 0 aromatic carbocycles. The van der Waals surface area contributed by atoms with Crippen LogP contribution in [0.5, 0.6) is 0 Å². The predicted octanol–water partition coefficient (Wildman–Crippen LogP) is 2.90. The van der Waals surface area contributed by atoms with E-state index >= 15 is 0 Å². The van der Waals surface area contributed by atoms with E-state index in [0.29, 0.717) is 59.4 Å². The van der Waals surface area contributed by atoms with Crippen LogP contribution in [-0.2, 0) is 23.7 Å². The fourth-order valence-corrected chi connectivity index (χ4v) is 1.09. The van der Waals surface area contributed by atoms with Crippen molar-refractivity contribution in [3.63, 3.8) is 0 Å². The monoisotopic (exact) mass is 363 g/mol. The first-order valence-corrected chi connectivity index (χ1v) is 9.26. The van der Waals surface area contributed by atoms with Crippen molar-refractivity contribution in [2.75, 3.05) is 59.4 Å². The summed E-state index contributed by atoms with van der Waals surface area (Å²) in [6.45, 7) is 17.9. The maximum Gasteiger partial charge on any atom is 0.216 e. The molecule has 6 heteroatoms. The summed E-state index contributed by atoms with van der Waals surface area (Å²) in [6, 6.07) is 0. The van der Waals surface area contributed by atoms with Crippen molar-refractivity contribution in [3.05, 3.63) is 0 Å². The molecule has 0 spiro atoms. The summed E-state index contributed by atoms with van der Waals surface area (Å²) < 4.78 is 20.8. The molecule has 0 bridgehead atoms. The third kappa shape index (κ3) is 45.0. The molecule has 0 unspecified atom stereocenters. The van der Waals surface area contributed by atoms with Gasteiger partial charge in [-0.15, -0.1) is 6.42 Å². The van der Waals surface area contributed by atoms with Gasteiger partial charge >= 0.3 is 0 Å². The largest absolute Gasteiger partial charge is 0.377 e. The predicted molar refractivity (Wildman–Crippen MR) is 105 cm³/mol. The van der Waals surface area contributed by atoms with Crippen LogP contribution in [0.1, 0.15) is 48.5 Å². The molecule has 0 aromatic heterocycles. The van der Waals surface area contributed by atoms with Crippen molar-refractivity contribution in [2.24, 2.45) is 0 Å². The van der Waals surface area contributed by atoms with Crippen molar-refractivity contribution >= 4 is 5.91 Å². The highest BCUT2D eigenvalue weighted by Crippen LogP contribution is 1.82. The molecule has 0 atom stereocenters. The number of hydrogen-bond donors (Lipinski definition) is 1. The van der Waals surface area contributed by atoms with E-state index in [9.17, 15) is 4.79 Å². The van der Waals surface area contributed by atoms with E-state index in [1.54, 1.807) is 0 Å². The van der Waals surface area contributed by atoms with E-state index in [1.165, 1.54) is 6.92 Å². The lowest BCUT2D eigenvalue weighted by Gasteiger charge is -2.07. The molecule has 152 valence electrons. The number of nitrogens with one attached hydrogen (secondary N) is 1. The number of amides is 1. The first-order chi connectivity index (χ1) is 12.3. The highest BCUT2D eigenvalue weighted by molar-refractivity contribution is 5.72. The van der Waals surface area contributed by atoms with E-state index in [2.05, 4.69) is 11.2 Å². The van der Waals surface area contributed by atoms with Gasteiger partial charge in [-0.2, -0.15) is 0 Å². The normalized spacial score (nSPS) is 8.40. The number of rotatable bonds is 13. The summed E-state index contributed by atoms with van der Waals surface area (Å²) in [5.74, 6) is 2.32. The van der Waals surface area contributed by atoms with Gasteiger partial charge < -0.3 is 24.3 Å². The molecule has 0 aliphatic carbocycles. The van der Waals surface area contributed by atoms with Crippen molar-refractivity contribution in [1.29, 1.82) is 0 Å². The van der Waals surface area contributed by atoms with Gasteiger partial charge in [0.1, 0.15) is 6.61 Å². The lowest BCUT2D eigenvalue weighted by molar-refractivity contribution is -0.119. The molecular weight excluding hydrogens is 322 g/mol. The Morgan fingerprint density at radius 2 is 1.12 bits per heavy atom. The summed E-state index contributed by atoms with van der Waals surface area (Å²) in [7, 11) is 0. The molecule has 25 heavy (non-hydrogen) atoms. The first kappa shape index (κ1) is 31.6. The second-order valence-corrected chi connectivity index (χ2v) is 3.58. The number of hydrogen-bond acceptors (Lipinski definition) is 5. The molecule has 0 aliphatic heterocycles. The molecule has 0 saturated carbocycles. The highest BCUT2D eigenvalue weighted by atomic mass is 16.6. The molecule has 0 heterocycles. The van der Waals surface area contributed by atoms with Gasteiger partial charge in [0, 0.05) is 13.5 Å². The van der Waals surface area contributed by atoms with Gasteiger partial charge in [0.15, 0.2) is 0 Å². The highest BCUT2D eigenvalue weighted by Gasteiger charge is 1.93. The molecule has 1 amide bonds. The molecule has 0 rings (SSSR count). The zero-order chi connectivity index (χ0) is 20.2. The lowest BCUT2D eigenvalue weighted by Crippen LogP contribution is -2.25. The van der Waals surface area contributed by atoms with Gasteiger partial charge in [0.2, 0.25) is 5.91 Å².